The fourth-order valence-electron chi connectivity index (χ4n) is 3.76. The van der Waals surface area contributed by atoms with Gasteiger partial charge < -0.3 is 24.8 Å². The molecule has 4 rings (SSSR count). The highest BCUT2D eigenvalue weighted by Gasteiger charge is 2.47. The smallest absolute Gasteiger partial charge is 0.410 e. The van der Waals surface area contributed by atoms with Gasteiger partial charge in [-0.15, -0.1) is 11.3 Å². The third kappa shape index (κ3) is 4.30. The lowest BCUT2D eigenvalue weighted by Gasteiger charge is -2.33. The average molecular weight is 482 g/mol. The summed E-state index contributed by atoms with van der Waals surface area (Å²) in [4.78, 5) is 13.8. The first-order chi connectivity index (χ1) is 15.8. The van der Waals surface area contributed by atoms with Gasteiger partial charge in [-0.05, 0) is 11.4 Å². The van der Waals surface area contributed by atoms with Gasteiger partial charge in [-0.25, -0.2) is 4.68 Å². The van der Waals surface area contributed by atoms with E-state index in [0.717, 1.165) is 15.8 Å². The summed E-state index contributed by atoms with van der Waals surface area (Å²) in [6.07, 6.45) is -3.62. The molecule has 0 fully saturated rings. The van der Waals surface area contributed by atoms with E-state index in [2.05, 4.69) is 15.7 Å². The average Bonchev–Trinajstić information content (AvgIpc) is 3.47. The van der Waals surface area contributed by atoms with Gasteiger partial charge in [0.1, 0.15) is 11.4 Å². The zero-order chi connectivity index (χ0) is 23.8. The van der Waals surface area contributed by atoms with Gasteiger partial charge in [0.05, 0.1) is 33.6 Å². The van der Waals surface area contributed by atoms with Crippen LogP contribution in [0.25, 0.3) is 0 Å². The predicted octanol–water partition coefficient (Wildman–Crippen LogP) is 4.88. The Hall–Kier alpha value is -3.41. The lowest BCUT2D eigenvalue weighted by Crippen LogP contribution is -2.36. The first-order valence-corrected chi connectivity index (χ1v) is 10.7. The molecule has 0 bridgehead atoms. The van der Waals surface area contributed by atoms with Crippen molar-refractivity contribution < 1.29 is 32.2 Å². The van der Waals surface area contributed by atoms with Gasteiger partial charge >= 0.3 is 6.18 Å². The number of aromatic nitrogens is 2. The van der Waals surface area contributed by atoms with E-state index in [1.54, 1.807) is 17.5 Å². The summed E-state index contributed by atoms with van der Waals surface area (Å²) in [5.41, 5.74) is 0.298. The fraction of sp³-hybridized carbons (Fsp3) is 0.333. The molecule has 0 unspecified atom stereocenters. The maximum atomic E-state index is 13.8. The first-order valence-electron chi connectivity index (χ1n) is 9.82. The van der Waals surface area contributed by atoms with Crippen LogP contribution in [0.4, 0.5) is 24.7 Å². The number of carbonyl (C=O) groups is 1. The van der Waals surface area contributed by atoms with E-state index in [4.69, 9.17) is 14.2 Å². The second-order valence-electron chi connectivity index (χ2n) is 7.23. The quantitative estimate of drug-likeness (QED) is 0.521. The van der Waals surface area contributed by atoms with Crippen LogP contribution in [0, 0.1) is 0 Å². The number of benzene rings is 1. The van der Waals surface area contributed by atoms with Crippen molar-refractivity contribution in [2.45, 2.75) is 24.7 Å². The van der Waals surface area contributed by atoms with Gasteiger partial charge in [-0.1, -0.05) is 6.07 Å². The minimum absolute atomic E-state index is 0.00640. The van der Waals surface area contributed by atoms with Crippen molar-refractivity contribution in [2.24, 2.45) is 0 Å². The number of halogens is 3. The highest BCUT2D eigenvalue weighted by molar-refractivity contribution is 7.10. The Bertz CT molecular complexity index is 1120. The molecule has 33 heavy (non-hydrogen) atoms. The zero-order valence-corrected chi connectivity index (χ0v) is 18.7. The minimum atomic E-state index is -4.52. The van der Waals surface area contributed by atoms with Crippen LogP contribution < -0.4 is 24.8 Å². The van der Waals surface area contributed by atoms with Gasteiger partial charge in [0, 0.05) is 29.1 Å². The van der Waals surface area contributed by atoms with Crippen molar-refractivity contribution in [2.75, 3.05) is 32.0 Å². The normalized spacial score (nSPS) is 17.6. The lowest BCUT2D eigenvalue weighted by molar-refractivity contribution is -0.173. The van der Waals surface area contributed by atoms with E-state index in [1.807, 2.05) is 0 Å². The Morgan fingerprint density at radius 1 is 1.21 bits per heavy atom. The van der Waals surface area contributed by atoms with Crippen molar-refractivity contribution in [3.63, 3.8) is 0 Å². The number of amides is 1. The molecule has 3 aromatic rings. The van der Waals surface area contributed by atoms with Crippen LogP contribution in [0.3, 0.4) is 0 Å². The van der Waals surface area contributed by atoms with Crippen LogP contribution in [0.1, 0.15) is 33.7 Å². The van der Waals surface area contributed by atoms with Crippen LogP contribution in [-0.2, 0) is 0 Å². The number of hydrogen-bond acceptors (Lipinski definition) is 7. The molecular weight excluding hydrogens is 461 g/mol. The molecule has 0 saturated heterocycles. The monoisotopic (exact) mass is 482 g/mol. The summed E-state index contributed by atoms with van der Waals surface area (Å²) in [5.74, 6) is 0.349. The molecule has 0 saturated carbocycles. The molecule has 0 spiro atoms. The molecule has 1 aliphatic heterocycles. The number of nitrogens with one attached hydrogen (secondary N) is 2. The van der Waals surface area contributed by atoms with Crippen LogP contribution >= 0.6 is 11.3 Å². The lowest BCUT2D eigenvalue weighted by atomic mass is 10.0. The molecule has 2 aromatic heterocycles. The Morgan fingerprint density at radius 3 is 2.45 bits per heavy atom. The molecule has 1 amide bonds. The van der Waals surface area contributed by atoms with Crippen LogP contribution in [0.5, 0.6) is 17.2 Å². The second-order valence-corrected chi connectivity index (χ2v) is 8.20. The van der Waals surface area contributed by atoms with Gasteiger partial charge in [0.15, 0.2) is 17.5 Å². The molecule has 3 heterocycles. The maximum absolute atomic E-state index is 13.8. The van der Waals surface area contributed by atoms with Crippen molar-refractivity contribution in [1.29, 1.82) is 0 Å². The molecule has 2 N–H and O–H groups in total. The first kappa shape index (κ1) is 22.8. The van der Waals surface area contributed by atoms with E-state index < -0.39 is 24.2 Å². The second kappa shape index (κ2) is 8.85. The summed E-state index contributed by atoms with van der Waals surface area (Å²) in [7, 11) is 4.32. The highest BCUT2D eigenvalue weighted by atomic mass is 32.1. The van der Waals surface area contributed by atoms with Crippen LogP contribution in [-0.4, -0.2) is 43.2 Å². The van der Waals surface area contributed by atoms with E-state index >= 15 is 0 Å². The number of ether oxygens (including phenoxy) is 3. The molecule has 8 nitrogen and oxygen atoms in total. The number of rotatable bonds is 6. The number of thiophene rings is 1. The minimum Gasteiger partial charge on any atom is -0.493 e. The molecule has 176 valence electrons. The number of methoxy groups -OCH3 is 3. The number of carbonyl (C=O) groups excluding carboxylic acids is 1. The number of anilines is 2. The number of nitrogens with zero attached hydrogens (tertiary/aromatic N) is 2. The maximum Gasteiger partial charge on any atom is 0.410 e. The SMILES string of the molecule is COc1cc(NC(=O)c2cnn3c2N[C@H](c2cccs2)C[C@@H]3C(F)(F)F)cc(OC)c1OC. The van der Waals surface area contributed by atoms with Crippen molar-refractivity contribution in [1.82, 2.24) is 9.78 Å². The van der Waals surface area contributed by atoms with Crippen molar-refractivity contribution in [3.8, 4) is 17.2 Å². The molecule has 0 aliphatic carbocycles. The third-order valence-electron chi connectivity index (χ3n) is 5.29. The summed E-state index contributed by atoms with van der Waals surface area (Å²) in [6.45, 7) is 0. The Kier molecular flexibility index (Phi) is 6.11. The molecule has 1 aliphatic rings. The topological polar surface area (TPSA) is 86.6 Å². The summed E-state index contributed by atoms with van der Waals surface area (Å²) in [5, 5.41) is 11.4. The van der Waals surface area contributed by atoms with Gasteiger partial charge in [0.25, 0.3) is 5.91 Å². The molecule has 0 radical (unpaired) electrons. The Balaban J connectivity index is 1.68. The number of alkyl halides is 3. The van der Waals surface area contributed by atoms with Crippen LogP contribution in [0.15, 0.2) is 35.8 Å². The predicted molar refractivity (Wildman–Crippen MR) is 117 cm³/mol. The fourth-order valence-corrected chi connectivity index (χ4v) is 4.55. The van der Waals surface area contributed by atoms with E-state index in [1.165, 1.54) is 44.8 Å². The number of fused-ring (bicyclic) bond motifs is 1. The Labute approximate surface area is 191 Å². The summed E-state index contributed by atoms with van der Waals surface area (Å²) in [6, 6.07) is 4.12. The summed E-state index contributed by atoms with van der Waals surface area (Å²) < 4.78 is 58.1. The van der Waals surface area contributed by atoms with Crippen molar-refractivity contribution in [3.05, 3.63) is 46.3 Å². The van der Waals surface area contributed by atoms with E-state index in [9.17, 15) is 18.0 Å². The largest absolute Gasteiger partial charge is 0.493 e. The van der Waals surface area contributed by atoms with Gasteiger partial charge in [0.2, 0.25) is 5.75 Å². The van der Waals surface area contributed by atoms with Crippen molar-refractivity contribution >= 4 is 28.7 Å². The molecule has 12 heteroatoms. The standard InChI is InChI=1S/C21H21F3N4O4S/c1-30-14-7-11(8-15(31-2)18(14)32-3)26-20(29)12-10-25-28-17(21(22,23)24)9-13(27-19(12)28)16-5-4-6-33-16/h4-8,10,13,17,27H,9H2,1-3H3,(H,26,29)/t13-,17+/m0/s1. The Morgan fingerprint density at radius 2 is 1.91 bits per heavy atom. The highest BCUT2D eigenvalue weighted by Crippen LogP contribution is 2.45. The third-order valence-corrected chi connectivity index (χ3v) is 6.28. The van der Waals surface area contributed by atoms with Gasteiger partial charge in [-0.3, -0.25) is 4.79 Å². The van der Waals surface area contributed by atoms with E-state index in [-0.39, 0.29) is 17.8 Å². The van der Waals surface area contributed by atoms with Gasteiger partial charge in [-0.2, -0.15) is 18.3 Å². The molecule has 2 atom stereocenters. The molecule has 1 aromatic carbocycles. The summed E-state index contributed by atoms with van der Waals surface area (Å²) >= 11 is 1.35. The van der Waals surface area contributed by atoms with E-state index in [0.29, 0.717) is 22.9 Å². The molecular formula is C21H21F3N4O4S. The van der Waals surface area contributed by atoms with Crippen LogP contribution in [0.2, 0.25) is 0 Å². The zero-order valence-electron chi connectivity index (χ0n) is 17.9. The number of hydrogen-bond donors (Lipinski definition) is 2.